The first kappa shape index (κ1) is 8.86. The topological polar surface area (TPSA) is 83.5 Å². The third kappa shape index (κ3) is 1.35. The van der Waals surface area contributed by atoms with Crippen molar-refractivity contribution in [1.29, 1.82) is 0 Å². The molecule has 0 atom stereocenters. The van der Waals surface area contributed by atoms with Crippen molar-refractivity contribution in [2.75, 3.05) is 5.73 Å². The summed E-state index contributed by atoms with van der Waals surface area (Å²) in [7, 11) is 0. The molecule has 12 heavy (non-hydrogen) atoms. The Labute approximate surface area is 76.8 Å². The number of nitrogens with two attached hydrogens (primary N) is 1. The van der Waals surface area contributed by atoms with E-state index in [1.165, 1.54) is 12.1 Å². The van der Waals surface area contributed by atoms with Crippen LogP contribution in [0.5, 0.6) is 5.75 Å². The van der Waals surface area contributed by atoms with E-state index in [2.05, 4.69) is 15.9 Å². The van der Waals surface area contributed by atoms with Gasteiger partial charge in [-0.2, -0.15) is 0 Å². The minimum atomic E-state index is -1.17. The van der Waals surface area contributed by atoms with E-state index in [9.17, 15) is 4.79 Å². The molecule has 0 aromatic heterocycles. The Balaban J connectivity index is 3.43. The van der Waals surface area contributed by atoms with Crippen molar-refractivity contribution in [2.45, 2.75) is 0 Å². The molecule has 0 aliphatic heterocycles. The molecular weight excluding hydrogens is 226 g/mol. The lowest BCUT2D eigenvalue weighted by atomic mass is 10.2. The van der Waals surface area contributed by atoms with Crippen LogP contribution in [0.1, 0.15) is 10.4 Å². The number of phenols is 1. The first-order chi connectivity index (χ1) is 5.54. The van der Waals surface area contributed by atoms with Crippen molar-refractivity contribution in [1.82, 2.24) is 0 Å². The van der Waals surface area contributed by atoms with E-state index in [1.54, 1.807) is 0 Å². The summed E-state index contributed by atoms with van der Waals surface area (Å²) >= 11 is 2.92. The smallest absolute Gasteiger partial charge is 0.339 e. The molecule has 0 aliphatic carbocycles. The SMILES string of the molecule is Nc1ccc(O)c(Br)c1C(=O)O. The average Bonchev–Trinajstić information content (AvgIpc) is 1.97. The third-order valence-electron chi connectivity index (χ3n) is 1.37. The maximum absolute atomic E-state index is 10.6. The number of aromatic hydroxyl groups is 1. The summed E-state index contributed by atoms with van der Waals surface area (Å²) in [6, 6.07) is 2.66. The number of aromatic carboxylic acids is 1. The summed E-state index contributed by atoms with van der Waals surface area (Å²) in [4.78, 5) is 10.6. The molecule has 1 rings (SSSR count). The number of carbonyl (C=O) groups is 1. The summed E-state index contributed by atoms with van der Waals surface area (Å²) in [5.74, 6) is -1.31. The van der Waals surface area contributed by atoms with Crippen LogP contribution in [0.2, 0.25) is 0 Å². The van der Waals surface area contributed by atoms with Crippen LogP contribution in [0.4, 0.5) is 5.69 Å². The fraction of sp³-hybridized carbons (Fsp3) is 0. The van der Waals surface area contributed by atoms with Crippen LogP contribution >= 0.6 is 15.9 Å². The van der Waals surface area contributed by atoms with Crippen LogP contribution in [-0.2, 0) is 0 Å². The van der Waals surface area contributed by atoms with Gasteiger partial charge in [0.15, 0.2) is 0 Å². The van der Waals surface area contributed by atoms with Crippen molar-refractivity contribution in [3.63, 3.8) is 0 Å². The number of hydrogen-bond donors (Lipinski definition) is 3. The Hall–Kier alpha value is -1.23. The second-order valence-corrected chi connectivity index (χ2v) is 2.96. The second kappa shape index (κ2) is 3.02. The van der Waals surface area contributed by atoms with Crippen LogP contribution < -0.4 is 5.73 Å². The van der Waals surface area contributed by atoms with Crippen molar-refractivity contribution in [3.05, 3.63) is 22.2 Å². The predicted octanol–water partition coefficient (Wildman–Crippen LogP) is 1.44. The van der Waals surface area contributed by atoms with E-state index in [4.69, 9.17) is 15.9 Å². The molecule has 0 bridgehead atoms. The highest BCUT2D eigenvalue weighted by Crippen LogP contribution is 2.31. The van der Waals surface area contributed by atoms with Gasteiger partial charge in [0.2, 0.25) is 0 Å². The molecule has 1 aromatic rings. The molecule has 1 aromatic carbocycles. The zero-order chi connectivity index (χ0) is 9.30. The molecule has 5 heteroatoms. The monoisotopic (exact) mass is 231 g/mol. The quantitative estimate of drug-likeness (QED) is 0.505. The molecule has 4 N–H and O–H groups in total. The second-order valence-electron chi connectivity index (χ2n) is 2.17. The van der Waals surface area contributed by atoms with E-state index in [0.29, 0.717) is 0 Å². The van der Waals surface area contributed by atoms with Crippen LogP contribution in [0, 0.1) is 0 Å². The number of carboxylic acid groups (broad SMARTS) is 1. The molecule has 0 fully saturated rings. The molecule has 0 radical (unpaired) electrons. The standard InChI is InChI=1S/C7H6BrNO3/c8-6-4(10)2-1-3(9)5(6)7(11)12/h1-2,10H,9H2,(H,11,12). The lowest BCUT2D eigenvalue weighted by Crippen LogP contribution is -2.03. The maximum atomic E-state index is 10.6. The van der Waals surface area contributed by atoms with E-state index in [0.717, 1.165) is 0 Å². The number of benzene rings is 1. The molecule has 0 spiro atoms. The Morgan fingerprint density at radius 2 is 2.08 bits per heavy atom. The minimum absolute atomic E-state index is 0.106. The fourth-order valence-corrected chi connectivity index (χ4v) is 1.33. The molecule has 0 unspecified atom stereocenters. The van der Waals surface area contributed by atoms with Crippen LogP contribution in [-0.4, -0.2) is 16.2 Å². The van der Waals surface area contributed by atoms with E-state index >= 15 is 0 Å². The van der Waals surface area contributed by atoms with Gasteiger partial charge in [-0.25, -0.2) is 4.79 Å². The molecule has 0 saturated carbocycles. The number of rotatable bonds is 1. The number of anilines is 1. The highest BCUT2D eigenvalue weighted by Gasteiger charge is 2.14. The Kier molecular flexibility index (Phi) is 2.23. The summed E-state index contributed by atoms with van der Waals surface area (Å²) in [5, 5.41) is 17.8. The zero-order valence-electron chi connectivity index (χ0n) is 5.91. The lowest BCUT2D eigenvalue weighted by Gasteiger charge is -2.04. The summed E-state index contributed by atoms with van der Waals surface area (Å²) in [6.07, 6.45) is 0. The van der Waals surface area contributed by atoms with Crippen LogP contribution in [0.15, 0.2) is 16.6 Å². The first-order valence-corrected chi connectivity index (χ1v) is 3.83. The average molecular weight is 232 g/mol. The van der Waals surface area contributed by atoms with E-state index in [-0.39, 0.29) is 21.5 Å². The number of phenolic OH excluding ortho intramolecular Hbond substituents is 1. The summed E-state index contributed by atoms with van der Waals surface area (Å²) in [5.41, 5.74) is 5.37. The fourth-order valence-electron chi connectivity index (χ4n) is 0.797. The van der Waals surface area contributed by atoms with Gasteiger partial charge in [-0.3, -0.25) is 0 Å². The number of carboxylic acids is 1. The molecular formula is C7H6BrNO3. The van der Waals surface area contributed by atoms with E-state index < -0.39 is 5.97 Å². The highest BCUT2D eigenvalue weighted by molar-refractivity contribution is 9.10. The van der Waals surface area contributed by atoms with Crippen molar-refractivity contribution in [2.24, 2.45) is 0 Å². The first-order valence-electron chi connectivity index (χ1n) is 3.04. The summed E-state index contributed by atoms with van der Waals surface area (Å²) in [6.45, 7) is 0. The Bertz CT molecular complexity index is 338. The number of hydrogen-bond acceptors (Lipinski definition) is 3. The Morgan fingerprint density at radius 1 is 1.50 bits per heavy atom. The molecule has 0 aliphatic rings. The highest BCUT2D eigenvalue weighted by atomic mass is 79.9. The van der Waals surface area contributed by atoms with Gasteiger partial charge in [-0.15, -0.1) is 0 Å². The summed E-state index contributed by atoms with van der Waals surface area (Å²) < 4.78 is 0.106. The largest absolute Gasteiger partial charge is 0.507 e. The number of halogens is 1. The zero-order valence-corrected chi connectivity index (χ0v) is 7.50. The molecule has 0 saturated heterocycles. The van der Waals surface area contributed by atoms with Crippen molar-refractivity contribution in [3.8, 4) is 5.75 Å². The van der Waals surface area contributed by atoms with Crippen LogP contribution in [0.3, 0.4) is 0 Å². The van der Waals surface area contributed by atoms with Gasteiger partial charge in [0, 0.05) is 5.69 Å². The molecule has 64 valence electrons. The van der Waals surface area contributed by atoms with Gasteiger partial charge in [-0.05, 0) is 28.1 Å². The molecule has 0 heterocycles. The normalized spacial score (nSPS) is 9.75. The van der Waals surface area contributed by atoms with Gasteiger partial charge >= 0.3 is 5.97 Å². The van der Waals surface area contributed by atoms with Crippen molar-refractivity contribution < 1.29 is 15.0 Å². The molecule has 4 nitrogen and oxygen atoms in total. The Morgan fingerprint density at radius 3 is 2.50 bits per heavy atom. The predicted molar refractivity (Wildman–Crippen MR) is 47.2 cm³/mol. The lowest BCUT2D eigenvalue weighted by molar-refractivity contribution is 0.0696. The van der Waals surface area contributed by atoms with Gasteiger partial charge < -0.3 is 15.9 Å². The van der Waals surface area contributed by atoms with Gasteiger partial charge in [0.25, 0.3) is 0 Å². The van der Waals surface area contributed by atoms with Crippen molar-refractivity contribution >= 4 is 27.6 Å². The minimum Gasteiger partial charge on any atom is -0.507 e. The van der Waals surface area contributed by atoms with E-state index in [1.807, 2.05) is 0 Å². The maximum Gasteiger partial charge on any atom is 0.339 e. The third-order valence-corrected chi connectivity index (χ3v) is 2.17. The number of nitrogen functional groups attached to an aromatic ring is 1. The van der Waals surface area contributed by atoms with Gasteiger partial charge in [0.05, 0.1) is 4.47 Å². The molecule has 0 amide bonds. The van der Waals surface area contributed by atoms with Gasteiger partial charge in [0.1, 0.15) is 11.3 Å². The van der Waals surface area contributed by atoms with Crippen LogP contribution in [0.25, 0.3) is 0 Å². The van der Waals surface area contributed by atoms with Gasteiger partial charge in [-0.1, -0.05) is 0 Å².